The smallest absolute Gasteiger partial charge is 0.0553 e. The minimum atomic E-state index is 0.466. The van der Waals surface area contributed by atoms with Crippen molar-refractivity contribution in [2.24, 2.45) is 18.9 Å². The van der Waals surface area contributed by atoms with Gasteiger partial charge in [0.05, 0.1) is 11.7 Å². The van der Waals surface area contributed by atoms with E-state index in [9.17, 15) is 0 Å². The van der Waals surface area contributed by atoms with Crippen LogP contribution in [-0.2, 0) is 7.05 Å². The van der Waals surface area contributed by atoms with E-state index >= 15 is 0 Å². The van der Waals surface area contributed by atoms with Crippen LogP contribution in [0.25, 0.3) is 0 Å². The molecule has 0 saturated heterocycles. The standard InChI is InChI=1S/C14H25N3/c1-4-11-7-5-6-8-12(11)14(15-2)13-9-10-16-17(13)3/h9-12,14-15H,4-8H2,1-3H3. The Labute approximate surface area is 105 Å². The molecular formula is C14H25N3. The molecule has 1 aromatic heterocycles. The first-order chi connectivity index (χ1) is 8.27. The predicted molar refractivity (Wildman–Crippen MR) is 70.7 cm³/mol. The fourth-order valence-corrected chi connectivity index (χ4v) is 3.45. The van der Waals surface area contributed by atoms with E-state index in [2.05, 4.69) is 30.5 Å². The Kier molecular flexibility index (Phi) is 4.21. The zero-order chi connectivity index (χ0) is 12.3. The van der Waals surface area contributed by atoms with Crippen molar-refractivity contribution in [3.63, 3.8) is 0 Å². The quantitative estimate of drug-likeness (QED) is 0.869. The van der Waals surface area contributed by atoms with Crippen LogP contribution in [0.4, 0.5) is 0 Å². The average Bonchev–Trinajstić information content (AvgIpc) is 2.78. The minimum Gasteiger partial charge on any atom is -0.311 e. The largest absolute Gasteiger partial charge is 0.311 e. The zero-order valence-corrected chi connectivity index (χ0v) is 11.3. The maximum Gasteiger partial charge on any atom is 0.0553 e. The molecule has 0 amide bonds. The summed E-state index contributed by atoms with van der Waals surface area (Å²) in [4.78, 5) is 0. The lowest BCUT2D eigenvalue weighted by Crippen LogP contribution is -2.33. The highest BCUT2D eigenvalue weighted by atomic mass is 15.3. The van der Waals surface area contributed by atoms with E-state index in [-0.39, 0.29) is 0 Å². The number of aryl methyl sites for hydroxylation is 1. The molecule has 96 valence electrons. The third-order valence-corrected chi connectivity index (χ3v) is 4.41. The summed E-state index contributed by atoms with van der Waals surface area (Å²) >= 11 is 0. The molecule has 1 aliphatic rings. The van der Waals surface area contributed by atoms with Gasteiger partial charge >= 0.3 is 0 Å². The second-order valence-electron chi connectivity index (χ2n) is 5.26. The van der Waals surface area contributed by atoms with Crippen LogP contribution >= 0.6 is 0 Å². The molecule has 1 heterocycles. The Morgan fingerprint density at radius 2 is 2.24 bits per heavy atom. The van der Waals surface area contributed by atoms with Gasteiger partial charge in [-0.3, -0.25) is 4.68 Å². The van der Waals surface area contributed by atoms with Crippen molar-refractivity contribution in [2.45, 2.75) is 45.1 Å². The summed E-state index contributed by atoms with van der Waals surface area (Å²) in [6.45, 7) is 2.33. The van der Waals surface area contributed by atoms with Gasteiger partial charge < -0.3 is 5.32 Å². The van der Waals surface area contributed by atoms with Crippen LogP contribution in [0.15, 0.2) is 12.3 Å². The van der Waals surface area contributed by atoms with Crippen molar-refractivity contribution in [2.75, 3.05) is 7.05 Å². The van der Waals surface area contributed by atoms with Gasteiger partial charge in [0.2, 0.25) is 0 Å². The molecular weight excluding hydrogens is 210 g/mol. The molecule has 1 aromatic rings. The second kappa shape index (κ2) is 5.67. The van der Waals surface area contributed by atoms with Gasteiger partial charge in [-0.25, -0.2) is 0 Å². The van der Waals surface area contributed by atoms with Gasteiger partial charge in [-0.2, -0.15) is 5.10 Å². The van der Waals surface area contributed by atoms with E-state index < -0.39 is 0 Å². The number of hydrogen-bond acceptors (Lipinski definition) is 2. The Hall–Kier alpha value is -0.830. The Morgan fingerprint density at radius 1 is 1.47 bits per heavy atom. The van der Waals surface area contributed by atoms with Crippen molar-refractivity contribution >= 4 is 0 Å². The highest BCUT2D eigenvalue weighted by Gasteiger charge is 2.32. The summed E-state index contributed by atoms with van der Waals surface area (Å²) in [5.41, 5.74) is 1.33. The van der Waals surface area contributed by atoms with Crippen molar-refractivity contribution < 1.29 is 0 Å². The van der Waals surface area contributed by atoms with E-state index in [0.29, 0.717) is 6.04 Å². The molecule has 3 heteroatoms. The van der Waals surface area contributed by atoms with Crippen LogP contribution < -0.4 is 5.32 Å². The van der Waals surface area contributed by atoms with Crippen LogP contribution in [0.3, 0.4) is 0 Å². The van der Waals surface area contributed by atoms with Crippen molar-refractivity contribution in [3.05, 3.63) is 18.0 Å². The third-order valence-electron chi connectivity index (χ3n) is 4.41. The minimum absolute atomic E-state index is 0.466. The van der Waals surface area contributed by atoms with E-state index in [4.69, 9.17) is 0 Å². The maximum absolute atomic E-state index is 4.31. The van der Waals surface area contributed by atoms with Gasteiger partial charge in [-0.1, -0.05) is 32.6 Å². The van der Waals surface area contributed by atoms with Gasteiger partial charge in [0.25, 0.3) is 0 Å². The SMILES string of the molecule is CCC1CCCCC1C(NC)c1ccnn1C. The Morgan fingerprint density at radius 3 is 2.82 bits per heavy atom. The maximum atomic E-state index is 4.31. The lowest BCUT2D eigenvalue weighted by molar-refractivity contribution is 0.176. The summed E-state index contributed by atoms with van der Waals surface area (Å²) in [5.74, 6) is 1.64. The van der Waals surface area contributed by atoms with E-state index in [0.717, 1.165) is 11.8 Å². The highest BCUT2D eigenvalue weighted by molar-refractivity contribution is 5.09. The third kappa shape index (κ3) is 2.54. The first-order valence-corrected chi connectivity index (χ1v) is 6.93. The molecule has 0 spiro atoms. The summed E-state index contributed by atoms with van der Waals surface area (Å²) < 4.78 is 2.02. The fraction of sp³-hybridized carbons (Fsp3) is 0.786. The molecule has 0 aromatic carbocycles. The molecule has 3 nitrogen and oxygen atoms in total. The van der Waals surface area contributed by atoms with Gasteiger partial charge in [-0.15, -0.1) is 0 Å². The lowest BCUT2D eigenvalue weighted by Gasteiger charge is -2.36. The molecule has 1 saturated carbocycles. The molecule has 0 radical (unpaired) electrons. The van der Waals surface area contributed by atoms with Crippen molar-refractivity contribution in [1.29, 1.82) is 0 Å². The number of rotatable bonds is 4. The van der Waals surface area contributed by atoms with Crippen LogP contribution in [0.2, 0.25) is 0 Å². The topological polar surface area (TPSA) is 29.9 Å². The van der Waals surface area contributed by atoms with Crippen LogP contribution in [0.5, 0.6) is 0 Å². The van der Waals surface area contributed by atoms with Gasteiger partial charge in [-0.05, 0) is 31.4 Å². The van der Waals surface area contributed by atoms with Gasteiger partial charge in [0.1, 0.15) is 0 Å². The second-order valence-corrected chi connectivity index (χ2v) is 5.26. The molecule has 1 aliphatic carbocycles. The van der Waals surface area contributed by atoms with Crippen LogP contribution in [0.1, 0.15) is 50.8 Å². The van der Waals surface area contributed by atoms with Gasteiger partial charge in [0, 0.05) is 13.2 Å². The Balaban J connectivity index is 2.19. The molecule has 1 N–H and O–H groups in total. The molecule has 1 fully saturated rings. The normalized spacial score (nSPS) is 27.0. The predicted octanol–water partition coefficient (Wildman–Crippen LogP) is 2.90. The molecule has 3 unspecified atom stereocenters. The first kappa shape index (κ1) is 12.6. The molecule has 3 atom stereocenters. The fourth-order valence-electron chi connectivity index (χ4n) is 3.45. The Bertz CT molecular complexity index is 345. The van der Waals surface area contributed by atoms with E-state index in [1.165, 1.54) is 37.8 Å². The first-order valence-electron chi connectivity index (χ1n) is 6.93. The monoisotopic (exact) mass is 235 g/mol. The van der Waals surface area contributed by atoms with Crippen molar-refractivity contribution in [1.82, 2.24) is 15.1 Å². The number of nitrogens with zero attached hydrogens (tertiary/aromatic N) is 2. The zero-order valence-electron chi connectivity index (χ0n) is 11.3. The number of hydrogen-bond donors (Lipinski definition) is 1. The summed E-state index contributed by atoms with van der Waals surface area (Å²) in [5, 5.41) is 7.83. The average molecular weight is 235 g/mol. The summed E-state index contributed by atoms with van der Waals surface area (Å²) in [6, 6.07) is 2.62. The van der Waals surface area contributed by atoms with Gasteiger partial charge in [0.15, 0.2) is 0 Å². The molecule has 17 heavy (non-hydrogen) atoms. The number of nitrogens with one attached hydrogen (secondary N) is 1. The lowest BCUT2D eigenvalue weighted by atomic mass is 9.73. The summed E-state index contributed by atoms with van der Waals surface area (Å²) in [6.07, 6.45) is 8.77. The highest BCUT2D eigenvalue weighted by Crippen LogP contribution is 2.39. The van der Waals surface area contributed by atoms with Crippen LogP contribution in [-0.4, -0.2) is 16.8 Å². The van der Waals surface area contributed by atoms with E-state index in [1.54, 1.807) is 0 Å². The number of aromatic nitrogens is 2. The van der Waals surface area contributed by atoms with Crippen LogP contribution in [0, 0.1) is 11.8 Å². The van der Waals surface area contributed by atoms with Crippen molar-refractivity contribution in [3.8, 4) is 0 Å². The van der Waals surface area contributed by atoms with E-state index in [1.807, 2.05) is 17.9 Å². The molecule has 0 bridgehead atoms. The summed E-state index contributed by atoms with van der Waals surface area (Å²) in [7, 11) is 4.13. The molecule has 2 rings (SSSR count). The molecule has 0 aliphatic heterocycles.